The van der Waals surface area contributed by atoms with Gasteiger partial charge in [0.15, 0.2) is 5.84 Å². The van der Waals surface area contributed by atoms with Crippen molar-refractivity contribution in [3.63, 3.8) is 0 Å². The van der Waals surface area contributed by atoms with Gasteiger partial charge in [0.1, 0.15) is 5.82 Å². The Morgan fingerprint density at radius 2 is 2.32 bits per heavy atom. The third-order valence-electron chi connectivity index (χ3n) is 3.66. The van der Waals surface area contributed by atoms with E-state index in [1.165, 1.54) is 25.0 Å². The number of nitrogens with two attached hydrogens (primary N) is 1. The summed E-state index contributed by atoms with van der Waals surface area (Å²) >= 11 is 0. The summed E-state index contributed by atoms with van der Waals surface area (Å²) in [6.07, 6.45) is 2.66. The first-order chi connectivity index (χ1) is 9.11. The van der Waals surface area contributed by atoms with Gasteiger partial charge in [0.05, 0.1) is 0 Å². The number of amidine groups is 1. The lowest BCUT2D eigenvalue weighted by atomic mass is 10.0. The molecule has 0 saturated heterocycles. The van der Waals surface area contributed by atoms with Crippen molar-refractivity contribution in [2.45, 2.75) is 26.3 Å². The summed E-state index contributed by atoms with van der Waals surface area (Å²) in [6.45, 7) is 3.75. The van der Waals surface area contributed by atoms with Gasteiger partial charge in [-0.15, -0.1) is 0 Å². The summed E-state index contributed by atoms with van der Waals surface area (Å²) in [5.74, 6) is 1.06. The van der Waals surface area contributed by atoms with Crippen LogP contribution in [0.3, 0.4) is 0 Å². The highest BCUT2D eigenvalue weighted by Crippen LogP contribution is 2.36. The maximum absolute atomic E-state index is 13.2. The average Bonchev–Trinajstić information content (AvgIpc) is 3.23. The topological polar surface area (TPSA) is 70.6 Å². The van der Waals surface area contributed by atoms with Crippen LogP contribution in [-0.4, -0.2) is 17.6 Å². The van der Waals surface area contributed by atoms with Gasteiger partial charge in [-0.05, 0) is 48.9 Å². The number of nitrogens with one attached hydrogen (secondary N) is 1. The molecule has 0 spiro atoms. The van der Waals surface area contributed by atoms with Crippen LogP contribution in [0, 0.1) is 17.7 Å². The molecule has 0 bridgehead atoms. The summed E-state index contributed by atoms with van der Waals surface area (Å²) in [4.78, 5) is 0. The number of rotatable bonds is 6. The van der Waals surface area contributed by atoms with E-state index >= 15 is 0 Å². The van der Waals surface area contributed by atoms with Gasteiger partial charge in [0.2, 0.25) is 0 Å². The van der Waals surface area contributed by atoms with Gasteiger partial charge in [-0.1, -0.05) is 18.1 Å². The molecular formula is C14H20FN3O. The van der Waals surface area contributed by atoms with Crippen molar-refractivity contribution in [2.75, 3.05) is 6.54 Å². The molecule has 5 heteroatoms. The lowest BCUT2D eigenvalue weighted by molar-refractivity contribution is 0.318. The monoisotopic (exact) mass is 265 g/mol. The second-order valence-electron chi connectivity index (χ2n) is 5.23. The number of halogens is 1. The Kier molecular flexibility index (Phi) is 4.37. The Bertz CT molecular complexity index is 472. The Morgan fingerprint density at radius 1 is 1.58 bits per heavy atom. The molecule has 1 aromatic rings. The van der Waals surface area contributed by atoms with Crippen LogP contribution >= 0.6 is 0 Å². The third-order valence-corrected chi connectivity index (χ3v) is 3.66. The van der Waals surface area contributed by atoms with E-state index < -0.39 is 5.82 Å². The number of hydrogen-bond acceptors (Lipinski definition) is 3. The van der Waals surface area contributed by atoms with Crippen molar-refractivity contribution in [3.05, 3.63) is 35.1 Å². The van der Waals surface area contributed by atoms with Gasteiger partial charge in [-0.25, -0.2) is 4.39 Å². The van der Waals surface area contributed by atoms with Crippen molar-refractivity contribution in [3.8, 4) is 0 Å². The van der Waals surface area contributed by atoms with Crippen LogP contribution in [0.2, 0.25) is 0 Å². The quantitative estimate of drug-likeness (QED) is 0.319. The molecule has 4 N–H and O–H groups in total. The molecule has 0 aromatic heterocycles. The fraction of sp³-hybridized carbons (Fsp3) is 0.500. The molecular weight excluding hydrogens is 245 g/mol. The molecule has 1 aromatic carbocycles. The van der Waals surface area contributed by atoms with Crippen molar-refractivity contribution >= 4 is 5.84 Å². The lowest BCUT2D eigenvalue weighted by Crippen LogP contribution is -2.24. The largest absolute Gasteiger partial charge is 0.409 e. The molecule has 0 heterocycles. The van der Waals surface area contributed by atoms with Gasteiger partial charge >= 0.3 is 0 Å². The number of oxime groups is 1. The first-order valence-corrected chi connectivity index (χ1v) is 6.59. The zero-order valence-electron chi connectivity index (χ0n) is 11.1. The molecule has 104 valence electrons. The SMILES string of the molecule is CC(CNCc1ccc(F)cc1/C(N)=N/O)C1CC1. The molecule has 0 aliphatic heterocycles. The minimum absolute atomic E-state index is 0.0634. The maximum Gasteiger partial charge on any atom is 0.170 e. The van der Waals surface area contributed by atoms with Crippen LogP contribution in [0.25, 0.3) is 0 Å². The van der Waals surface area contributed by atoms with Crippen LogP contribution in [0.1, 0.15) is 30.9 Å². The van der Waals surface area contributed by atoms with Gasteiger partial charge < -0.3 is 16.3 Å². The average molecular weight is 265 g/mol. The second kappa shape index (κ2) is 6.02. The number of nitrogens with zero attached hydrogens (tertiary/aromatic N) is 1. The van der Waals surface area contributed by atoms with E-state index in [1.54, 1.807) is 6.07 Å². The first-order valence-electron chi connectivity index (χ1n) is 6.59. The number of hydrogen-bond donors (Lipinski definition) is 3. The predicted molar refractivity (Wildman–Crippen MR) is 72.5 cm³/mol. The molecule has 0 amide bonds. The van der Waals surface area contributed by atoms with E-state index in [0.29, 0.717) is 18.0 Å². The summed E-state index contributed by atoms with van der Waals surface area (Å²) < 4.78 is 13.2. The van der Waals surface area contributed by atoms with Crippen LogP contribution in [-0.2, 0) is 6.54 Å². The van der Waals surface area contributed by atoms with E-state index in [-0.39, 0.29) is 5.84 Å². The Labute approximate surface area is 112 Å². The summed E-state index contributed by atoms with van der Waals surface area (Å²) in [6, 6.07) is 4.34. The molecule has 1 unspecified atom stereocenters. The fourth-order valence-electron chi connectivity index (χ4n) is 2.26. The Morgan fingerprint density at radius 3 is 2.95 bits per heavy atom. The first kappa shape index (κ1) is 13.8. The molecule has 4 nitrogen and oxygen atoms in total. The highest BCUT2D eigenvalue weighted by Gasteiger charge is 2.27. The minimum Gasteiger partial charge on any atom is -0.409 e. The molecule has 2 rings (SSSR count). The minimum atomic E-state index is -0.392. The van der Waals surface area contributed by atoms with Crippen LogP contribution in [0.4, 0.5) is 4.39 Å². The molecule has 19 heavy (non-hydrogen) atoms. The normalized spacial score (nSPS) is 17.5. The smallest absolute Gasteiger partial charge is 0.170 e. The zero-order chi connectivity index (χ0) is 13.8. The maximum atomic E-state index is 13.2. The Hall–Kier alpha value is -1.62. The number of benzene rings is 1. The van der Waals surface area contributed by atoms with Crippen molar-refractivity contribution in [1.82, 2.24) is 5.32 Å². The van der Waals surface area contributed by atoms with Crippen molar-refractivity contribution in [1.29, 1.82) is 0 Å². The molecule has 1 aliphatic carbocycles. The molecule has 1 saturated carbocycles. The standard InChI is InChI=1S/C14H20FN3O/c1-9(10-2-3-10)7-17-8-11-4-5-12(15)6-13(11)14(16)18-19/h4-6,9-10,17,19H,2-3,7-8H2,1H3,(H2,16,18). The zero-order valence-corrected chi connectivity index (χ0v) is 11.1. The van der Waals surface area contributed by atoms with Gasteiger partial charge in [0.25, 0.3) is 0 Å². The highest BCUT2D eigenvalue weighted by atomic mass is 19.1. The van der Waals surface area contributed by atoms with Crippen LogP contribution in [0.5, 0.6) is 0 Å². The lowest BCUT2D eigenvalue weighted by Gasteiger charge is -2.13. The van der Waals surface area contributed by atoms with Crippen LogP contribution in [0.15, 0.2) is 23.4 Å². The second-order valence-corrected chi connectivity index (χ2v) is 5.23. The van der Waals surface area contributed by atoms with E-state index in [9.17, 15) is 4.39 Å². The van der Waals surface area contributed by atoms with Gasteiger partial charge in [-0.3, -0.25) is 0 Å². The van der Waals surface area contributed by atoms with E-state index in [0.717, 1.165) is 18.0 Å². The predicted octanol–water partition coefficient (Wildman–Crippen LogP) is 2.06. The Balaban J connectivity index is 1.98. The summed E-state index contributed by atoms with van der Waals surface area (Å²) in [5.41, 5.74) is 6.83. The molecule has 1 atom stereocenters. The van der Waals surface area contributed by atoms with E-state index in [4.69, 9.17) is 10.9 Å². The highest BCUT2D eigenvalue weighted by molar-refractivity contribution is 5.98. The fourth-order valence-corrected chi connectivity index (χ4v) is 2.26. The molecule has 0 radical (unpaired) electrons. The summed E-state index contributed by atoms with van der Waals surface area (Å²) in [5, 5.41) is 15.0. The van der Waals surface area contributed by atoms with E-state index in [2.05, 4.69) is 17.4 Å². The van der Waals surface area contributed by atoms with E-state index in [1.807, 2.05) is 0 Å². The van der Waals surface area contributed by atoms with Gasteiger partial charge in [0, 0.05) is 12.1 Å². The summed E-state index contributed by atoms with van der Waals surface area (Å²) in [7, 11) is 0. The molecule has 1 aliphatic rings. The third kappa shape index (κ3) is 3.67. The van der Waals surface area contributed by atoms with Crippen molar-refractivity contribution < 1.29 is 9.60 Å². The van der Waals surface area contributed by atoms with Crippen LogP contribution < -0.4 is 11.1 Å². The molecule has 1 fully saturated rings. The van der Waals surface area contributed by atoms with Crippen molar-refractivity contribution in [2.24, 2.45) is 22.7 Å². The van der Waals surface area contributed by atoms with Gasteiger partial charge in [-0.2, -0.15) is 0 Å².